The van der Waals surface area contributed by atoms with E-state index in [9.17, 15) is 0 Å². The second-order valence-electron chi connectivity index (χ2n) is 2.90. The summed E-state index contributed by atoms with van der Waals surface area (Å²) in [6.45, 7) is 1.76. The number of nitrogen functional groups attached to an aromatic ring is 1. The lowest BCUT2D eigenvalue weighted by atomic mass is 10.3. The molecule has 1 aliphatic heterocycles. The van der Waals surface area contributed by atoms with Gasteiger partial charge in [-0.05, 0) is 12.8 Å². The fourth-order valence-electron chi connectivity index (χ4n) is 1.20. The van der Waals surface area contributed by atoms with Crippen LogP contribution in [0.15, 0.2) is 0 Å². The Morgan fingerprint density at radius 1 is 0.923 bits per heavy atom. The van der Waals surface area contributed by atoms with Gasteiger partial charge in [-0.3, -0.25) is 0 Å². The van der Waals surface area contributed by atoms with Crippen LogP contribution in [0.1, 0.15) is 12.8 Å². The lowest BCUT2D eigenvalue weighted by Crippen LogP contribution is -2.08. The molecule has 1 aromatic rings. The summed E-state index contributed by atoms with van der Waals surface area (Å²) in [7, 11) is 0. The van der Waals surface area contributed by atoms with E-state index in [-0.39, 0.29) is 5.95 Å². The van der Waals surface area contributed by atoms with Crippen LogP contribution in [-0.4, -0.2) is 28.0 Å². The lowest BCUT2D eigenvalue weighted by molar-refractivity contribution is 0.797. The molecular formula is C7H12N6. The molecule has 1 aromatic heterocycles. The fraction of sp³-hybridized carbons (Fsp3) is 0.571. The van der Waals surface area contributed by atoms with Gasteiger partial charge >= 0.3 is 0 Å². The van der Waals surface area contributed by atoms with Crippen LogP contribution < -0.4 is 16.4 Å². The van der Waals surface area contributed by atoms with Crippen LogP contribution in [0.25, 0.3) is 0 Å². The van der Waals surface area contributed by atoms with Crippen molar-refractivity contribution in [3.8, 4) is 0 Å². The minimum Gasteiger partial charge on any atom is -0.368 e. The monoisotopic (exact) mass is 180 g/mol. The zero-order valence-electron chi connectivity index (χ0n) is 7.25. The van der Waals surface area contributed by atoms with E-state index in [1.165, 1.54) is 0 Å². The van der Waals surface area contributed by atoms with Gasteiger partial charge < -0.3 is 16.4 Å². The Bertz CT molecular complexity index is 273. The van der Waals surface area contributed by atoms with Crippen LogP contribution in [0.2, 0.25) is 0 Å². The Hall–Kier alpha value is -1.59. The van der Waals surface area contributed by atoms with E-state index in [4.69, 9.17) is 5.73 Å². The second kappa shape index (κ2) is 3.42. The zero-order valence-corrected chi connectivity index (χ0v) is 7.25. The first-order valence-electron chi connectivity index (χ1n) is 4.34. The molecule has 2 heterocycles. The van der Waals surface area contributed by atoms with Crippen molar-refractivity contribution < 1.29 is 0 Å². The van der Waals surface area contributed by atoms with Crippen LogP contribution in [-0.2, 0) is 0 Å². The third-order valence-electron chi connectivity index (χ3n) is 1.82. The summed E-state index contributed by atoms with van der Waals surface area (Å²) in [5.41, 5.74) is 5.50. The molecule has 0 radical (unpaired) electrons. The lowest BCUT2D eigenvalue weighted by Gasteiger charge is -2.03. The molecule has 0 aromatic carbocycles. The Morgan fingerprint density at radius 3 is 2.00 bits per heavy atom. The summed E-state index contributed by atoms with van der Waals surface area (Å²) in [5.74, 6) is 1.36. The van der Waals surface area contributed by atoms with Crippen molar-refractivity contribution in [3.63, 3.8) is 0 Å². The Labute approximate surface area is 76.0 Å². The van der Waals surface area contributed by atoms with E-state index in [0.717, 1.165) is 25.9 Å². The molecule has 1 aliphatic rings. The molecule has 0 unspecified atom stereocenters. The first-order chi connectivity index (χ1) is 6.34. The maximum atomic E-state index is 5.50. The number of hydrogen-bond donors (Lipinski definition) is 3. The number of nitrogens with one attached hydrogen (secondary N) is 2. The van der Waals surface area contributed by atoms with E-state index in [1.54, 1.807) is 0 Å². The number of nitrogens with two attached hydrogens (primary N) is 1. The number of rotatable bonds is 0. The minimum atomic E-state index is 0.252. The molecular weight excluding hydrogens is 168 g/mol. The molecule has 0 spiro atoms. The van der Waals surface area contributed by atoms with E-state index in [0.29, 0.717) is 11.9 Å². The normalized spacial score (nSPS) is 16.0. The van der Waals surface area contributed by atoms with Gasteiger partial charge in [-0.15, -0.1) is 0 Å². The van der Waals surface area contributed by atoms with Crippen LogP contribution >= 0.6 is 0 Å². The van der Waals surface area contributed by atoms with Crippen molar-refractivity contribution in [2.45, 2.75) is 12.8 Å². The van der Waals surface area contributed by atoms with E-state index in [2.05, 4.69) is 25.6 Å². The topological polar surface area (TPSA) is 88.8 Å². The number of hydrogen-bond acceptors (Lipinski definition) is 6. The highest BCUT2D eigenvalue weighted by atomic mass is 15.2. The molecule has 0 atom stereocenters. The highest BCUT2D eigenvalue weighted by Gasteiger charge is 2.05. The van der Waals surface area contributed by atoms with Crippen LogP contribution in [0.5, 0.6) is 0 Å². The molecule has 13 heavy (non-hydrogen) atoms. The average molecular weight is 180 g/mol. The highest BCUT2D eigenvalue weighted by molar-refractivity contribution is 5.39. The van der Waals surface area contributed by atoms with Crippen molar-refractivity contribution in [3.05, 3.63) is 0 Å². The first kappa shape index (κ1) is 8.03. The van der Waals surface area contributed by atoms with Gasteiger partial charge in [0.1, 0.15) is 0 Å². The summed E-state index contributed by atoms with van der Waals surface area (Å²) in [6, 6.07) is 0. The van der Waals surface area contributed by atoms with E-state index < -0.39 is 0 Å². The van der Waals surface area contributed by atoms with Crippen molar-refractivity contribution in [1.29, 1.82) is 0 Å². The van der Waals surface area contributed by atoms with E-state index in [1.807, 2.05) is 0 Å². The van der Waals surface area contributed by atoms with Crippen molar-refractivity contribution in [2.24, 2.45) is 0 Å². The number of fused-ring (bicyclic) bond motifs is 2. The zero-order chi connectivity index (χ0) is 9.10. The largest absolute Gasteiger partial charge is 0.368 e. The van der Waals surface area contributed by atoms with Gasteiger partial charge in [0.05, 0.1) is 0 Å². The van der Waals surface area contributed by atoms with Gasteiger partial charge in [0.15, 0.2) is 0 Å². The predicted octanol–water partition coefficient (Wildman–Crippen LogP) is 0.0714. The second-order valence-corrected chi connectivity index (χ2v) is 2.90. The quantitative estimate of drug-likeness (QED) is 0.523. The molecule has 0 aliphatic carbocycles. The molecule has 2 bridgehead atoms. The summed E-state index contributed by atoms with van der Waals surface area (Å²) < 4.78 is 0. The highest BCUT2D eigenvalue weighted by Crippen LogP contribution is 2.08. The SMILES string of the molecule is Nc1nc2nc(n1)NCCCCN2. The molecule has 2 rings (SSSR count). The molecule has 70 valence electrons. The van der Waals surface area contributed by atoms with Gasteiger partial charge in [0.25, 0.3) is 0 Å². The number of anilines is 3. The third kappa shape index (κ3) is 1.95. The molecule has 0 saturated heterocycles. The summed E-state index contributed by atoms with van der Waals surface area (Å²) >= 11 is 0. The fourth-order valence-corrected chi connectivity index (χ4v) is 1.20. The maximum absolute atomic E-state index is 5.50. The Balaban J connectivity index is 2.28. The average Bonchev–Trinajstić information content (AvgIpc) is 2.16. The molecule has 0 amide bonds. The van der Waals surface area contributed by atoms with Crippen LogP contribution in [0.4, 0.5) is 17.8 Å². The van der Waals surface area contributed by atoms with Gasteiger partial charge in [0, 0.05) is 13.1 Å². The maximum Gasteiger partial charge on any atom is 0.229 e. The van der Waals surface area contributed by atoms with Crippen molar-refractivity contribution >= 4 is 17.8 Å². The Kier molecular flexibility index (Phi) is 2.11. The molecule has 0 fully saturated rings. The van der Waals surface area contributed by atoms with Crippen molar-refractivity contribution in [1.82, 2.24) is 15.0 Å². The smallest absolute Gasteiger partial charge is 0.229 e. The van der Waals surface area contributed by atoms with Gasteiger partial charge in [0.2, 0.25) is 17.8 Å². The van der Waals surface area contributed by atoms with Gasteiger partial charge in [-0.2, -0.15) is 15.0 Å². The van der Waals surface area contributed by atoms with E-state index >= 15 is 0 Å². The summed E-state index contributed by atoms with van der Waals surface area (Å²) in [6.07, 6.45) is 2.18. The van der Waals surface area contributed by atoms with Gasteiger partial charge in [-0.1, -0.05) is 0 Å². The molecule has 4 N–H and O–H groups in total. The molecule has 6 heteroatoms. The predicted molar refractivity (Wildman–Crippen MR) is 50.5 cm³/mol. The van der Waals surface area contributed by atoms with Gasteiger partial charge in [-0.25, -0.2) is 0 Å². The minimum absolute atomic E-state index is 0.252. The number of nitrogens with zero attached hydrogens (tertiary/aromatic N) is 3. The third-order valence-corrected chi connectivity index (χ3v) is 1.82. The molecule has 6 nitrogen and oxygen atoms in total. The molecule has 0 saturated carbocycles. The Morgan fingerprint density at radius 2 is 1.46 bits per heavy atom. The van der Waals surface area contributed by atoms with Crippen LogP contribution in [0, 0.1) is 0 Å². The first-order valence-corrected chi connectivity index (χ1v) is 4.34. The van der Waals surface area contributed by atoms with Crippen molar-refractivity contribution in [2.75, 3.05) is 29.5 Å². The summed E-state index contributed by atoms with van der Waals surface area (Å²) in [4.78, 5) is 12.0. The summed E-state index contributed by atoms with van der Waals surface area (Å²) in [5, 5.41) is 6.17. The standard InChI is InChI=1S/C7H12N6/c8-5-11-6-9-3-1-2-4-10-7(12-5)13-6/h1-4H2,(H4,8,9,10,11,12,13). The van der Waals surface area contributed by atoms with Crippen LogP contribution in [0.3, 0.4) is 0 Å². The number of aromatic nitrogens is 3.